The van der Waals surface area contributed by atoms with Gasteiger partial charge in [0.2, 0.25) is 0 Å². The molecule has 2 aromatic rings. The van der Waals surface area contributed by atoms with Gasteiger partial charge in [-0.05, 0) is 50.6 Å². The third-order valence-electron chi connectivity index (χ3n) is 4.31. The van der Waals surface area contributed by atoms with Gasteiger partial charge in [0, 0.05) is 32.7 Å². The van der Waals surface area contributed by atoms with Crippen LogP contribution in [0.2, 0.25) is 0 Å². The van der Waals surface area contributed by atoms with Gasteiger partial charge >= 0.3 is 6.09 Å². The van der Waals surface area contributed by atoms with Gasteiger partial charge in [0.1, 0.15) is 17.1 Å². The van der Waals surface area contributed by atoms with E-state index in [9.17, 15) is 4.79 Å². The van der Waals surface area contributed by atoms with Gasteiger partial charge in [-0.25, -0.2) is 4.79 Å². The molecule has 1 aliphatic rings. The van der Waals surface area contributed by atoms with E-state index >= 15 is 0 Å². The van der Waals surface area contributed by atoms with Crippen LogP contribution in [0.1, 0.15) is 26.3 Å². The van der Waals surface area contributed by atoms with Gasteiger partial charge < -0.3 is 14.4 Å². The van der Waals surface area contributed by atoms with Gasteiger partial charge in [0.15, 0.2) is 0 Å². The van der Waals surface area contributed by atoms with E-state index in [1.165, 1.54) is 5.56 Å². The van der Waals surface area contributed by atoms with Crippen molar-refractivity contribution in [3.8, 4) is 11.5 Å². The van der Waals surface area contributed by atoms with Crippen LogP contribution in [0.3, 0.4) is 0 Å². The Morgan fingerprint density at radius 1 is 0.926 bits per heavy atom. The summed E-state index contributed by atoms with van der Waals surface area (Å²) in [5.74, 6) is 1.67. The molecular weight excluding hydrogens is 340 g/mol. The second kappa shape index (κ2) is 8.44. The first-order valence-electron chi connectivity index (χ1n) is 9.41. The van der Waals surface area contributed by atoms with Gasteiger partial charge in [-0.3, -0.25) is 4.90 Å². The van der Waals surface area contributed by atoms with Crippen molar-refractivity contribution >= 4 is 6.09 Å². The number of hydrogen-bond donors (Lipinski definition) is 0. The first-order valence-corrected chi connectivity index (χ1v) is 9.41. The highest BCUT2D eigenvalue weighted by Crippen LogP contribution is 2.22. The Hall–Kier alpha value is -2.53. The molecule has 0 radical (unpaired) electrons. The normalized spacial score (nSPS) is 15.4. The van der Waals surface area contributed by atoms with Crippen molar-refractivity contribution in [3.63, 3.8) is 0 Å². The first kappa shape index (κ1) is 19.2. The zero-order valence-corrected chi connectivity index (χ0v) is 16.4. The molecule has 0 unspecified atom stereocenters. The topological polar surface area (TPSA) is 42.0 Å². The lowest BCUT2D eigenvalue weighted by Gasteiger charge is -2.35. The second-order valence-electron chi connectivity index (χ2n) is 7.81. The first-order chi connectivity index (χ1) is 12.9. The van der Waals surface area contributed by atoms with Crippen LogP contribution in [0.15, 0.2) is 54.6 Å². The Labute approximate surface area is 161 Å². The molecule has 5 heteroatoms. The third kappa shape index (κ3) is 6.00. The highest BCUT2D eigenvalue weighted by atomic mass is 16.6. The van der Waals surface area contributed by atoms with Crippen LogP contribution in [0.5, 0.6) is 11.5 Å². The second-order valence-corrected chi connectivity index (χ2v) is 7.81. The van der Waals surface area contributed by atoms with Crippen molar-refractivity contribution in [3.05, 3.63) is 60.2 Å². The number of piperazine rings is 1. The smallest absolute Gasteiger partial charge is 0.410 e. The zero-order chi connectivity index (χ0) is 19.3. The van der Waals surface area contributed by atoms with Crippen LogP contribution in [0.25, 0.3) is 0 Å². The molecule has 0 aromatic heterocycles. The van der Waals surface area contributed by atoms with Crippen LogP contribution >= 0.6 is 0 Å². The fourth-order valence-electron chi connectivity index (χ4n) is 3.01. The monoisotopic (exact) mass is 368 g/mol. The minimum absolute atomic E-state index is 0.222. The van der Waals surface area contributed by atoms with E-state index < -0.39 is 5.60 Å². The van der Waals surface area contributed by atoms with Crippen LogP contribution < -0.4 is 4.74 Å². The Morgan fingerprint density at radius 3 is 2.26 bits per heavy atom. The quantitative estimate of drug-likeness (QED) is 0.795. The molecular formula is C22H28N2O3. The van der Waals surface area contributed by atoms with Crippen molar-refractivity contribution in [2.75, 3.05) is 26.2 Å². The molecule has 27 heavy (non-hydrogen) atoms. The molecule has 0 N–H and O–H groups in total. The van der Waals surface area contributed by atoms with Crippen molar-refractivity contribution in [1.29, 1.82) is 0 Å². The van der Waals surface area contributed by atoms with Crippen LogP contribution in [-0.2, 0) is 11.3 Å². The highest BCUT2D eigenvalue weighted by molar-refractivity contribution is 5.68. The molecule has 2 aromatic carbocycles. The van der Waals surface area contributed by atoms with E-state index in [1.54, 1.807) is 4.90 Å². The maximum Gasteiger partial charge on any atom is 0.410 e. The predicted molar refractivity (Wildman–Crippen MR) is 106 cm³/mol. The van der Waals surface area contributed by atoms with Gasteiger partial charge in [-0.2, -0.15) is 0 Å². The van der Waals surface area contributed by atoms with Gasteiger partial charge in [-0.1, -0.05) is 30.3 Å². The van der Waals surface area contributed by atoms with Crippen LogP contribution in [0, 0.1) is 0 Å². The molecule has 1 heterocycles. The minimum atomic E-state index is -0.451. The molecule has 0 saturated carbocycles. The molecule has 1 aliphatic heterocycles. The SMILES string of the molecule is CC(C)(C)OC(=O)N1CCN(Cc2cccc(Oc3ccccc3)c2)CC1. The summed E-state index contributed by atoms with van der Waals surface area (Å²) in [5, 5.41) is 0. The molecule has 0 bridgehead atoms. The maximum atomic E-state index is 12.2. The van der Waals surface area contributed by atoms with Crippen molar-refractivity contribution in [2.24, 2.45) is 0 Å². The Morgan fingerprint density at radius 2 is 1.59 bits per heavy atom. The van der Waals surface area contributed by atoms with E-state index in [2.05, 4.69) is 17.0 Å². The molecule has 0 aliphatic carbocycles. The fraction of sp³-hybridized carbons (Fsp3) is 0.409. The molecule has 1 saturated heterocycles. The molecule has 1 fully saturated rings. The highest BCUT2D eigenvalue weighted by Gasteiger charge is 2.25. The molecule has 144 valence electrons. The standard InChI is InChI=1S/C22H28N2O3/c1-22(2,3)27-21(25)24-14-12-23(13-15-24)17-18-8-7-11-20(16-18)26-19-9-5-4-6-10-19/h4-11,16H,12-15,17H2,1-3H3. The zero-order valence-electron chi connectivity index (χ0n) is 16.4. The number of rotatable bonds is 4. The predicted octanol–water partition coefficient (Wildman–Crippen LogP) is 4.53. The summed E-state index contributed by atoms with van der Waals surface area (Å²) in [6.45, 7) is 9.58. The van der Waals surface area contributed by atoms with E-state index in [1.807, 2.05) is 63.2 Å². The summed E-state index contributed by atoms with van der Waals surface area (Å²) >= 11 is 0. The Bertz CT molecular complexity index is 748. The Balaban J connectivity index is 1.52. The number of benzene rings is 2. The third-order valence-corrected chi connectivity index (χ3v) is 4.31. The fourth-order valence-corrected chi connectivity index (χ4v) is 3.01. The summed E-state index contributed by atoms with van der Waals surface area (Å²) in [5.41, 5.74) is 0.752. The molecule has 0 spiro atoms. The average molecular weight is 368 g/mol. The summed E-state index contributed by atoms with van der Waals surface area (Å²) in [4.78, 5) is 16.3. The molecule has 3 rings (SSSR count). The summed E-state index contributed by atoms with van der Waals surface area (Å²) in [7, 11) is 0. The van der Waals surface area contributed by atoms with Crippen molar-refractivity contribution in [2.45, 2.75) is 32.9 Å². The lowest BCUT2D eigenvalue weighted by molar-refractivity contribution is 0.0139. The number of ether oxygens (including phenoxy) is 2. The van der Waals surface area contributed by atoms with E-state index in [0.29, 0.717) is 13.1 Å². The number of carbonyl (C=O) groups is 1. The largest absolute Gasteiger partial charge is 0.457 e. The lowest BCUT2D eigenvalue weighted by Crippen LogP contribution is -2.49. The average Bonchev–Trinajstić information content (AvgIpc) is 2.62. The van der Waals surface area contributed by atoms with E-state index in [4.69, 9.17) is 9.47 Å². The number of carbonyl (C=O) groups excluding carboxylic acids is 1. The summed E-state index contributed by atoms with van der Waals surface area (Å²) in [6.07, 6.45) is -0.222. The molecule has 0 atom stereocenters. The molecule has 1 amide bonds. The Kier molecular flexibility index (Phi) is 6.01. The van der Waals surface area contributed by atoms with E-state index in [0.717, 1.165) is 31.1 Å². The van der Waals surface area contributed by atoms with Gasteiger partial charge in [0.25, 0.3) is 0 Å². The lowest BCUT2D eigenvalue weighted by atomic mass is 10.2. The molecule has 5 nitrogen and oxygen atoms in total. The van der Waals surface area contributed by atoms with E-state index in [-0.39, 0.29) is 6.09 Å². The summed E-state index contributed by atoms with van der Waals surface area (Å²) < 4.78 is 11.4. The number of para-hydroxylation sites is 1. The van der Waals surface area contributed by atoms with Crippen molar-refractivity contribution < 1.29 is 14.3 Å². The maximum absolute atomic E-state index is 12.2. The van der Waals surface area contributed by atoms with Crippen molar-refractivity contribution in [1.82, 2.24) is 9.80 Å². The number of hydrogen-bond acceptors (Lipinski definition) is 4. The summed E-state index contributed by atoms with van der Waals surface area (Å²) in [6, 6.07) is 18.0. The number of nitrogens with zero attached hydrogens (tertiary/aromatic N) is 2. The van der Waals surface area contributed by atoms with Crippen LogP contribution in [0.4, 0.5) is 4.79 Å². The number of amides is 1. The van der Waals surface area contributed by atoms with Gasteiger partial charge in [-0.15, -0.1) is 0 Å². The van der Waals surface area contributed by atoms with Crippen LogP contribution in [-0.4, -0.2) is 47.7 Å². The minimum Gasteiger partial charge on any atom is -0.457 e. The van der Waals surface area contributed by atoms with Gasteiger partial charge in [0.05, 0.1) is 0 Å².